The third-order valence-corrected chi connectivity index (χ3v) is 4.47. The van der Waals surface area contributed by atoms with Crippen LogP contribution >= 0.6 is 15.9 Å². The molecule has 2 rings (SSSR count). The number of hydrogen-bond acceptors (Lipinski definition) is 4. The maximum Gasteiger partial charge on any atom is 0.410 e. The predicted molar refractivity (Wildman–Crippen MR) is 94.4 cm³/mol. The lowest BCUT2D eigenvalue weighted by Crippen LogP contribution is -2.39. The lowest BCUT2D eigenvalue weighted by atomic mass is 9.93. The summed E-state index contributed by atoms with van der Waals surface area (Å²) in [5.41, 5.74) is 0.744. The molecule has 1 amide bonds. The first-order valence-corrected chi connectivity index (χ1v) is 8.82. The minimum absolute atomic E-state index is 0.209. The summed E-state index contributed by atoms with van der Waals surface area (Å²) in [6, 6.07) is 2.41. The molecule has 128 valence electrons. The average molecular weight is 384 g/mol. The summed E-state index contributed by atoms with van der Waals surface area (Å²) in [6.07, 6.45) is 5.37. The van der Waals surface area contributed by atoms with E-state index in [4.69, 9.17) is 4.74 Å². The zero-order valence-corrected chi connectivity index (χ0v) is 15.9. The van der Waals surface area contributed by atoms with Crippen molar-refractivity contribution in [2.75, 3.05) is 20.1 Å². The highest BCUT2D eigenvalue weighted by Crippen LogP contribution is 2.24. The van der Waals surface area contributed by atoms with E-state index in [0.717, 1.165) is 30.4 Å². The summed E-state index contributed by atoms with van der Waals surface area (Å²) in [4.78, 5) is 18.2. The number of amides is 1. The second-order valence-electron chi connectivity index (χ2n) is 7.09. The van der Waals surface area contributed by atoms with E-state index in [-0.39, 0.29) is 6.09 Å². The van der Waals surface area contributed by atoms with Gasteiger partial charge in [-0.2, -0.15) is 0 Å². The van der Waals surface area contributed by atoms with Gasteiger partial charge in [-0.1, -0.05) is 0 Å². The Morgan fingerprint density at radius 2 is 2.26 bits per heavy atom. The van der Waals surface area contributed by atoms with Gasteiger partial charge in [-0.3, -0.25) is 4.98 Å². The van der Waals surface area contributed by atoms with Crippen LogP contribution in [0, 0.1) is 5.92 Å². The number of hydrogen-bond donors (Lipinski definition) is 1. The zero-order valence-electron chi connectivity index (χ0n) is 14.3. The summed E-state index contributed by atoms with van der Waals surface area (Å²) in [5.74, 6) is 0.423. The van der Waals surface area contributed by atoms with Crippen LogP contribution in [0.1, 0.15) is 32.8 Å². The lowest BCUT2D eigenvalue weighted by molar-refractivity contribution is 0.0285. The number of nitrogens with one attached hydrogen (secondary N) is 1. The summed E-state index contributed by atoms with van der Waals surface area (Å²) >= 11 is 3.46. The van der Waals surface area contributed by atoms with Crippen molar-refractivity contribution in [3.63, 3.8) is 0 Å². The number of pyridine rings is 1. The molecule has 0 aliphatic carbocycles. The first kappa shape index (κ1) is 18.2. The minimum atomic E-state index is -0.445. The van der Waals surface area contributed by atoms with Crippen molar-refractivity contribution in [2.24, 2.45) is 5.92 Å². The van der Waals surface area contributed by atoms with E-state index in [2.05, 4.69) is 32.3 Å². The molecule has 1 fully saturated rings. The number of likely N-dealkylation sites (N-methyl/N-ethyl adjacent to an activating group) is 1. The Balaban J connectivity index is 1.94. The van der Waals surface area contributed by atoms with Crippen LogP contribution in [0.4, 0.5) is 4.79 Å². The number of nitrogens with zero attached hydrogens (tertiary/aromatic N) is 2. The summed E-state index contributed by atoms with van der Waals surface area (Å²) in [5, 5.41) is 3.40. The maximum absolute atomic E-state index is 12.2. The first-order chi connectivity index (χ1) is 10.8. The van der Waals surface area contributed by atoms with E-state index < -0.39 is 5.60 Å². The van der Waals surface area contributed by atoms with Gasteiger partial charge in [0.2, 0.25) is 0 Å². The molecule has 1 N–H and O–H groups in total. The van der Waals surface area contributed by atoms with Crippen molar-refractivity contribution in [3.8, 4) is 0 Å². The van der Waals surface area contributed by atoms with Gasteiger partial charge in [-0.05, 0) is 74.1 Å². The molecule has 0 spiro atoms. The lowest BCUT2D eigenvalue weighted by Gasteiger charge is -2.26. The topological polar surface area (TPSA) is 54.5 Å². The number of ether oxygens (including phenoxy) is 1. The molecular formula is C17H26BrN3O2. The fourth-order valence-corrected chi connectivity index (χ4v) is 3.35. The molecule has 1 aromatic heterocycles. The molecular weight excluding hydrogens is 358 g/mol. The van der Waals surface area contributed by atoms with Crippen LogP contribution in [0.5, 0.6) is 0 Å². The third-order valence-electron chi connectivity index (χ3n) is 4.03. The Kier molecular flexibility index (Phi) is 6.03. The maximum atomic E-state index is 12.2. The number of carbonyl (C=O) groups excluding carboxylic acids is 1. The first-order valence-electron chi connectivity index (χ1n) is 8.03. The van der Waals surface area contributed by atoms with Crippen LogP contribution in [-0.2, 0) is 11.2 Å². The van der Waals surface area contributed by atoms with Gasteiger partial charge in [0, 0.05) is 36.0 Å². The van der Waals surface area contributed by atoms with Gasteiger partial charge in [-0.15, -0.1) is 0 Å². The highest BCUT2D eigenvalue weighted by atomic mass is 79.9. The Morgan fingerprint density at radius 3 is 2.87 bits per heavy atom. The van der Waals surface area contributed by atoms with Crippen LogP contribution < -0.4 is 5.32 Å². The summed E-state index contributed by atoms with van der Waals surface area (Å²) in [7, 11) is 1.98. The average Bonchev–Trinajstić information content (AvgIpc) is 2.93. The summed E-state index contributed by atoms with van der Waals surface area (Å²) in [6.45, 7) is 7.19. The molecule has 5 nitrogen and oxygen atoms in total. The molecule has 0 radical (unpaired) electrons. The van der Waals surface area contributed by atoms with E-state index in [1.54, 1.807) is 6.20 Å². The number of halogens is 1. The van der Waals surface area contributed by atoms with Crippen molar-refractivity contribution in [1.29, 1.82) is 0 Å². The molecule has 2 heterocycles. The van der Waals surface area contributed by atoms with E-state index in [9.17, 15) is 4.79 Å². The van der Waals surface area contributed by atoms with Crippen LogP contribution in [0.25, 0.3) is 0 Å². The molecule has 1 aliphatic rings. The van der Waals surface area contributed by atoms with Crippen molar-refractivity contribution < 1.29 is 9.53 Å². The smallest absolute Gasteiger partial charge is 0.410 e. The molecule has 23 heavy (non-hydrogen) atoms. The van der Waals surface area contributed by atoms with E-state index in [1.165, 1.54) is 5.56 Å². The fraction of sp³-hybridized carbons (Fsp3) is 0.647. The molecule has 0 bridgehead atoms. The van der Waals surface area contributed by atoms with E-state index in [1.807, 2.05) is 38.9 Å². The Morgan fingerprint density at radius 1 is 1.52 bits per heavy atom. The number of aromatic nitrogens is 1. The van der Waals surface area contributed by atoms with Crippen LogP contribution in [0.3, 0.4) is 0 Å². The Hall–Kier alpha value is -1.14. The Labute approximate surface area is 146 Å². The highest BCUT2D eigenvalue weighted by Gasteiger charge is 2.33. The van der Waals surface area contributed by atoms with Gasteiger partial charge >= 0.3 is 6.09 Å². The van der Waals surface area contributed by atoms with Gasteiger partial charge in [-0.25, -0.2) is 4.79 Å². The van der Waals surface area contributed by atoms with Crippen molar-refractivity contribution in [2.45, 2.75) is 45.3 Å². The van der Waals surface area contributed by atoms with E-state index >= 15 is 0 Å². The molecule has 0 aromatic carbocycles. The second-order valence-corrected chi connectivity index (χ2v) is 8.00. The van der Waals surface area contributed by atoms with Gasteiger partial charge in [0.25, 0.3) is 0 Å². The number of carbonyl (C=O) groups is 1. The number of likely N-dealkylation sites (tertiary alicyclic amines) is 1. The quantitative estimate of drug-likeness (QED) is 0.866. The molecule has 1 aliphatic heterocycles. The molecule has 1 aromatic rings. The van der Waals surface area contributed by atoms with Gasteiger partial charge in [0.15, 0.2) is 0 Å². The monoisotopic (exact) mass is 383 g/mol. The van der Waals surface area contributed by atoms with E-state index in [0.29, 0.717) is 12.0 Å². The van der Waals surface area contributed by atoms with Gasteiger partial charge < -0.3 is 15.0 Å². The van der Waals surface area contributed by atoms with Crippen LogP contribution in [0.15, 0.2) is 22.9 Å². The van der Waals surface area contributed by atoms with Gasteiger partial charge in [0.1, 0.15) is 5.60 Å². The van der Waals surface area contributed by atoms with Crippen LogP contribution in [0.2, 0.25) is 0 Å². The molecule has 2 atom stereocenters. The highest BCUT2D eigenvalue weighted by molar-refractivity contribution is 9.10. The van der Waals surface area contributed by atoms with Crippen molar-refractivity contribution >= 4 is 22.0 Å². The molecule has 0 saturated carbocycles. The SMILES string of the molecule is CNC(Cc1cncc(Br)c1)C1CCN(C(=O)OC(C)(C)C)C1. The largest absolute Gasteiger partial charge is 0.444 e. The van der Waals surface area contributed by atoms with Crippen molar-refractivity contribution in [3.05, 3.63) is 28.5 Å². The van der Waals surface area contributed by atoms with Gasteiger partial charge in [0.05, 0.1) is 0 Å². The molecule has 1 saturated heterocycles. The standard InChI is InChI=1S/C17H26BrN3O2/c1-17(2,3)23-16(22)21-6-5-13(11-21)15(19-4)8-12-7-14(18)10-20-9-12/h7,9-10,13,15,19H,5-6,8,11H2,1-4H3. The van der Waals surface area contributed by atoms with Crippen molar-refractivity contribution in [1.82, 2.24) is 15.2 Å². The predicted octanol–water partition coefficient (Wildman–Crippen LogP) is 3.23. The van der Waals surface area contributed by atoms with Crippen LogP contribution in [-0.4, -0.2) is 47.8 Å². The zero-order chi connectivity index (χ0) is 17.0. The third kappa shape index (κ3) is 5.46. The summed E-state index contributed by atoms with van der Waals surface area (Å²) < 4.78 is 6.46. The fourth-order valence-electron chi connectivity index (χ4n) is 2.93. The normalized spacial score (nSPS) is 19.7. The molecule has 2 unspecified atom stereocenters. The Bertz CT molecular complexity index is 545. The second kappa shape index (κ2) is 7.62. The molecule has 6 heteroatoms. The number of rotatable bonds is 4. The minimum Gasteiger partial charge on any atom is -0.444 e.